The van der Waals surface area contributed by atoms with Crippen LogP contribution in [0.4, 0.5) is 0 Å². The van der Waals surface area contributed by atoms with Crippen molar-refractivity contribution in [1.29, 1.82) is 0 Å². The van der Waals surface area contributed by atoms with Gasteiger partial charge in [-0.3, -0.25) is 4.57 Å². The highest BCUT2D eigenvalue weighted by atomic mass is 31.2. The van der Waals surface area contributed by atoms with E-state index in [1.165, 1.54) is 0 Å². The quantitative estimate of drug-likeness (QED) is 0.588. The highest BCUT2D eigenvalue weighted by Gasteiger charge is 2.33. The van der Waals surface area contributed by atoms with Gasteiger partial charge in [0.1, 0.15) is 0 Å². The summed E-state index contributed by atoms with van der Waals surface area (Å²) >= 11 is 0. The highest BCUT2D eigenvalue weighted by Crippen LogP contribution is 2.62. The molecule has 0 aromatic heterocycles. The number of hydrogen-bond donors (Lipinski definition) is 1. The molecule has 0 radical (unpaired) electrons. The fourth-order valence-electron chi connectivity index (χ4n) is 2.32. The van der Waals surface area contributed by atoms with E-state index in [1.807, 2.05) is 60.7 Å². The average molecular weight is 331 g/mol. The molecule has 5 heteroatoms. The summed E-state index contributed by atoms with van der Waals surface area (Å²) in [5.74, 6) is 0. The van der Waals surface area contributed by atoms with E-state index in [1.54, 1.807) is 13.8 Å². The highest BCUT2D eigenvalue weighted by molar-refractivity contribution is 7.65. The summed E-state index contributed by atoms with van der Waals surface area (Å²) in [6, 6.07) is 18.8. The van der Waals surface area contributed by atoms with Crippen LogP contribution in [0.3, 0.4) is 0 Å². The van der Waals surface area contributed by atoms with Gasteiger partial charge in [-0.25, -0.2) is 0 Å². The van der Waals surface area contributed by atoms with Gasteiger partial charge in [-0.2, -0.15) is 0 Å². The topological polar surface area (TPSA) is 61.5 Å². The van der Waals surface area contributed by atoms with Crippen molar-refractivity contribution in [3.05, 3.63) is 71.8 Å². The SMILES string of the molecule is CCOP(=O)(OCC)/C(=C(\N)c1ccccc1)c1ccccc1. The molecular formula is C18H22NO3P. The van der Waals surface area contributed by atoms with E-state index >= 15 is 0 Å². The number of nitrogens with two attached hydrogens (primary N) is 1. The Hall–Kier alpha value is -1.87. The zero-order chi connectivity index (χ0) is 16.7. The van der Waals surface area contributed by atoms with Crippen LogP contribution in [0.2, 0.25) is 0 Å². The van der Waals surface area contributed by atoms with Crippen LogP contribution in [0.1, 0.15) is 25.0 Å². The summed E-state index contributed by atoms with van der Waals surface area (Å²) in [4.78, 5) is 0. The van der Waals surface area contributed by atoms with Crippen molar-refractivity contribution in [2.24, 2.45) is 5.73 Å². The molecule has 2 N–H and O–H groups in total. The van der Waals surface area contributed by atoms with Gasteiger partial charge in [0.05, 0.1) is 24.2 Å². The smallest absolute Gasteiger partial charge is 0.364 e. The molecule has 0 amide bonds. The minimum Gasteiger partial charge on any atom is -0.397 e. The summed E-state index contributed by atoms with van der Waals surface area (Å²) in [5, 5.41) is 0.410. The second kappa shape index (κ2) is 8.11. The largest absolute Gasteiger partial charge is 0.397 e. The lowest BCUT2D eigenvalue weighted by Crippen LogP contribution is -2.06. The molecule has 2 aromatic carbocycles. The molecule has 0 aliphatic carbocycles. The Labute approximate surface area is 137 Å². The normalized spacial score (nSPS) is 12.8. The Balaban J connectivity index is 2.68. The average Bonchev–Trinajstić information content (AvgIpc) is 2.57. The molecule has 0 fully saturated rings. The molecule has 0 saturated carbocycles. The Morgan fingerprint density at radius 2 is 1.30 bits per heavy atom. The van der Waals surface area contributed by atoms with Crippen molar-refractivity contribution in [2.45, 2.75) is 13.8 Å². The minimum atomic E-state index is -3.52. The third kappa shape index (κ3) is 4.11. The Bertz CT molecular complexity index is 689. The predicted molar refractivity (Wildman–Crippen MR) is 94.7 cm³/mol. The molecule has 0 aliphatic heterocycles. The van der Waals surface area contributed by atoms with Crippen LogP contribution in [0, 0.1) is 0 Å². The van der Waals surface area contributed by atoms with Crippen LogP contribution in [-0.2, 0) is 13.6 Å². The van der Waals surface area contributed by atoms with Gasteiger partial charge < -0.3 is 14.8 Å². The standard InChI is InChI=1S/C18H22NO3P/c1-3-21-23(20,22-4-2)18(16-13-9-6-10-14-16)17(19)15-11-7-5-8-12-15/h5-14H,3-4,19H2,1-2H3/b18-17-. The molecule has 0 bridgehead atoms. The van der Waals surface area contributed by atoms with Crippen LogP contribution in [0.25, 0.3) is 11.0 Å². The number of hydrogen-bond acceptors (Lipinski definition) is 4. The van der Waals surface area contributed by atoms with Gasteiger partial charge in [0, 0.05) is 0 Å². The molecule has 0 unspecified atom stereocenters. The lowest BCUT2D eigenvalue weighted by molar-refractivity contribution is 0.230. The third-order valence-electron chi connectivity index (χ3n) is 3.26. The van der Waals surface area contributed by atoms with Crippen LogP contribution in [-0.4, -0.2) is 13.2 Å². The maximum absolute atomic E-state index is 13.3. The first kappa shape index (κ1) is 17.5. The Morgan fingerprint density at radius 3 is 1.74 bits per heavy atom. The molecule has 0 spiro atoms. The second-order valence-corrected chi connectivity index (χ2v) is 6.79. The van der Waals surface area contributed by atoms with Gasteiger partial charge >= 0.3 is 7.60 Å². The van der Waals surface area contributed by atoms with Crippen molar-refractivity contribution in [3.8, 4) is 0 Å². The van der Waals surface area contributed by atoms with Gasteiger partial charge in [-0.1, -0.05) is 60.7 Å². The zero-order valence-corrected chi connectivity index (χ0v) is 14.3. The third-order valence-corrected chi connectivity index (χ3v) is 5.50. The van der Waals surface area contributed by atoms with Gasteiger partial charge in [-0.15, -0.1) is 0 Å². The van der Waals surface area contributed by atoms with Gasteiger partial charge in [-0.05, 0) is 25.0 Å². The van der Waals surface area contributed by atoms with E-state index in [-0.39, 0.29) is 13.2 Å². The van der Waals surface area contributed by atoms with Crippen LogP contribution >= 0.6 is 7.60 Å². The molecule has 0 heterocycles. The number of rotatable bonds is 7. The lowest BCUT2D eigenvalue weighted by atomic mass is 10.1. The van der Waals surface area contributed by atoms with Crippen LogP contribution in [0.15, 0.2) is 60.7 Å². The molecular weight excluding hydrogens is 309 g/mol. The van der Waals surface area contributed by atoms with Crippen molar-refractivity contribution >= 4 is 18.6 Å². The molecule has 2 aromatic rings. The van der Waals surface area contributed by atoms with Gasteiger partial charge in [0.2, 0.25) is 0 Å². The van der Waals surface area contributed by atoms with E-state index < -0.39 is 7.60 Å². The van der Waals surface area contributed by atoms with Crippen LogP contribution in [0.5, 0.6) is 0 Å². The molecule has 0 atom stereocenters. The summed E-state index contributed by atoms with van der Waals surface area (Å²) in [6.45, 7) is 4.12. The molecule has 4 nitrogen and oxygen atoms in total. The summed E-state index contributed by atoms with van der Waals surface area (Å²) in [5.41, 5.74) is 8.29. The zero-order valence-electron chi connectivity index (χ0n) is 13.4. The molecule has 0 aliphatic rings. The van der Waals surface area contributed by atoms with Crippen molar-refractivity contribution in [2.75, 3.05) is 13.2 Å². The fourth-order valence-corrected chi connectivity index (χ4v) is 4.22. The molecule has 0 saturated heterocycles. The maximum Gasteiger partial charge on any atom is 0.364 e. The van der Waals surface area contributed by atoms with Gasteiger partial charge in [0.25, 0.3) is 0 Å². The molecule has 23 heavy (non-hydrogen) atoms. The van der Waals surface area contributed by atoms with E-state index in [4.69, 9.17) is 14.8 Å². The van der Waals surface area contributed by atoms with E-state index in [9.17, 15) is 4.57 Å². The molecule has 122 valence electrons. The van der Waals surface area contributed by atoms with E-state index in [0.29, 0.717) is 11.0 Å². The van der Waals surface area contributed by atoms with E-state index in [0.717, 1.165) is 11.1 Å². The summed E-state index contributed by atoms with van der Waals surface area (Å²) < 4.78 is 24.4. The second-order valence-electron chi connectivity index (χ2n) is 4.83. The first-order valence-corrected chi connectivity index (χ1v) is 9.17. The predicted octanol–water partition coefficient (Wildman–Crippen LogP) is 4.74. The first-order valence-electron chi connectivity index (χ1n) is 7.62. The van der Waals surface area contributed by atoms with Crippen molar-refractivity contribution in [1.82, 2.24) is 0 Å². The summed E-state index contributed by atoms with van der Waals surface area (Å²) in [6.07, 6.45) is 0. The Morgan fingerprint density at radius 1 is 0.870 bits per heavy atom. The van der Waals surface area contributed by atoms with Crippen LogP contribution < -0.4 is 5.73 Å². The van der Waals surface area contributed by atoms with Crippen molar-refractivity contribution in [3.63, 3.8) is 0 Å². The monoisotopic (exact) mass is 331 g/mol. The number of benzene rings is 2. The summed E-state index contributed by atoms with van der Waals surface area (Å²) in [7, 11) is -3.52. The van der Waals surface area contributed by atoms with Gasteiger partial charge in [0.15, 0.2) is 0 Å². The fraction of sp³-hybridized carbons (Fsp3) is 0.222. The van der Waals surface area contributed by atoms with Crippen molar-refractivity contribution < 1.29 is 13.6 Å². The lowest BCUT2D eigenvalue weighted by Gasteiger charge is -2.22. The van der Waals surface area contributed by atoms with E-state index in [2.05, 4.69) is 0 Å². The maximum atomic E-state index is 13.3. The molecule has 2 rings (SSSR count). The minimum absolute atomic E-state index is 0.273. The first-order chi connectivity index (χ1) is 11.1. The Kier molecular flexibility index (Phi) is 6.17.